The Bertz CT molecular complexity index is 1940. The maximum Gasteiger partial charge on any atom is 0.573 e. The van der Waals surface area contributed by atoms with Gasteiger partial charge in [-0.2, -0.15) is 0 Å². The van der Waals surface area contributed by atoms with E-state index >= 15 is 0 Å². The van der Waals surface area contributed by atoms with Crippen molar-refractivity contribution in [3.63, 3.8) is 0 Å². The van der Waals surface area contributed by atoms with Crippen molar-refractivity contribution in [3.8, 4) is 34.4 Å². The highest BCUT2D eigenvalue weighted by Gasteiger charge is 2.31. The molecule has 1 atom stereocenters. The summed E-state index contributed by atoms with van der Waals surface area (Å²) in [7, 11) is 0. The minimum absolute atomic E-state index is 0.220. The van der Waals surface area contributed by atoms with Gasteiger partial charge >= 0.3 is 18.2 Å². The lowest BCUT2D eigenvalue weighted by molar-refractivity contribution is -0.389. The second-order valence-corrected chi connectivity index (χ2v) is 12.6. The molecule has 7 rings (SSSR count). The fourth-order valence-corrected chi connectivity index (χ4v) is 6.20. The standard InChI is InChI=1S/C38H36F3N5O6/c39-38(40,41)52-34-13-3-28(4-14-34)25-49-32-11-1-27(2-12-32)23-43-19-21-44(22-20-43)31-9-5-29(6-10-31)30-7-15-33(16-8-30)50-26-35-17-18-45-24-36(46(47)48)42-37(45)51-35/h1-16,24,35H,17-23,25-26H2/t35-/m1/s1. The average molecular weight is 716 g/mol. The van der Waals surface area contributed by atoms with Gasteiger partial charge in [-0.1, -0.05) is 48.5 Å². The first kappa shape index (κ1) is 34.7. The van der Waals surface area contributed by atoms with Crippen molar-refractivity contribution in [2.45, 2.75) is 38.6 Å². The molecule has 0 radical (unpaired) electrons. The smallest absolute Gasteiger partial charge is 0.490 e. The third-order valence-corrected chi connectivity index (χ3v) is 9.00. The number of aromatic nitrogens is 2. The molecule has 2 aliphatic rings. The zero-order valence-electron chi connectivity index (χ0n) is 28.1. The molecule has 0 spiro atoms. The Morgan fingerprint density at radius 3 is 2.02 bits per heavy atom. The van der Waals surface area contributed by atoms with E-state index in [2.05, 4.69) is 43.8 Å². The number of piperazine rings is 1. The van der Waals surface area contributed by atoms with Crippen LogP contribution in [0.25, 0.3) is 11.1 Å². The number of imidazole rings is 1. The molecule has 1 fully saturated rings. The first-order valence-electron chi connectivity index (χ1n) is 16.9. The Balaban J connectivity index is 0.830. The summed E-state index contributed by atoms with van der Waals surface area (Å²) < 4.78 is 60.2. The summed E-state index contributed by atoms with van der Waals surface area (Å²) in [5.41, 5.74) is 5.30. The Morgan fingerprint density at radius 1 is 0.769 bits per heavy atom. The van der Waals surface area contributed by atoms with Gasteiger partial charge in [0.25, 0.3) is 0 Å². The minimum atomic E-state index is -4.71. The molecule has 270 valence electrons. The number of aryl methyl sites for hydroxylation is 1. The maximum absolute atomic E-state index is 12.4. The number of alkyl halides is 3. The number of nitro groups is 1. The lowest BCUT2D eigenvalue weighted by Gasteiger charge is -2.36. The van der Waals surface area contributed by atoms with Crippen LogP contribution in [0.5, 0.6) is 23.3 Å². The van der Waals surface area contributed by atoms with Crippen LogP contribution in [0.4, 0.5) is 24.7 Å². The quantitative estimate of drug-likeness (QED) is 0.0960. The molecule has 1 aromatic heterocycles. The fraction of sp³-hybridized carbons (Fsp3) is 0.289. The molecule has 0 N–H and O–H groups in total. The number of nitrogens with zero attached hydrogens (tertiary/aromatic N) is 5. The van der Waals surface area contributed by atoms with Gasteiger partial charge in [0.05, 0.1) is 0 Å². The van der Waals surface area contributed by atoms with Crippen LogP contribution in [0, 0.1) is 10.1 Å². The molecular formula is C38H36F3N5O6. The van der Waals surface area contributed by atoms with Crippen LogP contribution < -0.4 is 23.8 Å². The van der Waals surface area contributed by atoms with E-state index in [1.54, 1.807) is 16.7 Å². The van der Waals surface area contributed by atoms with Crippen molar-refractivity contribution in [3.05, 3.63) is 124 Å². The number of anilines is 1. The average Bonchev–Trinajstić information content (AvgIpc) is 3.59. The third kappa shape index (κ3) is 8.93. The number of ether oxygens (including phenoxy) is 4. The van der Waals surface area contributed by atoms with Crippen molar-refractivity contribution in [2.75, 3.05) is 37.7 Å². The predicted molar refractivity (Wildman–Crippen MR) is 187 cm³/mol. The summed E-state index contributed by atoms with van der Waals surface area (Å²) in [5, 5.41) is 11.0. The molecule has 2 aliphatic heterocycles. The highest BCUT2D eigenvalue weighted by molar-refractivity contribution is 5.67. The van der Waals surface area contributed by atoms with Crippen molar-refractivity contribution >= 4 is 11.5 Å². The molecule has 0 bridgehead atoms. The highest BCUT2D eigenvalue weighted by atomic mass is 19.4. The van der Waals surface area contributed by atoms with Crippen LogP contribution in [-0.4, -0.2) is 64.6 Å². The first-order chi connectivity index (χ1) is 25.1. The molecule has 1 saturated heterocycles. The van der Waals surface area contributed by atoms with Gasteiger partial charge in [0, 0.05) is 56.4 Å². The van der Waals surface area contributed by atoms with Crippen LogP contribution in [0.2, 0.25) is 0 Å². The van der Waals surface area contributed by atoms with E-state index < -0.39 is 11.3 Å². The van der Waals surface area contributed by atoms with E-state index in [0.29, 0.717) is 25.3 Å². The second kappa shape index (κ2) is 15.2. The van der Waals surface area contributed by atoms with Crippen molar-refractivity contribution in [1.82, 2.24) is 14.5 Å². The molecule has 0 saturated carbocycles. The summed E-state index contributed by atoms with van der Waals surface area (Å²) in [5.74, 6) is 0.928. The lowest BCUT2D eigenvalue weighted by atomic mass is 10.0. The van der Waals surface area contributed by atoms with Crippen LogP contribution in [0.3, 0.4) is 0 Å². The monoisotopic (exact) mass is 715 g/mol. The van der Waals surface area contributed by atoms with Gasteiger partial charge in [0.15, 0.2) is 0 Å². The van der Waals surface area contributed by atoms with Crippen LogP contribution in [-0.2, 0) is 19.7 Å². The van der Waals surface area contributed by atoms with Gasteiger partial charge in [-0.25, -0.2) is 0 Å². The van der Waals surface area contributed by atoms with E-state index in [-0.39, 0.29) is 30.3 Å². The van der Waals surface area contributed by atoms with Crippen molar-refractivity contribution < 1.29 is 37.0 Å². The number of hydrogen-bond donors (Lipinski definition) is 0. The van der Waals surface area contributed by atoms with E-state index in [1.807, 2.05) is 48.5 Å². The number of halogens is 3. The van der Waals surface area contributed by atoms with Gasteiger partial charge in [0.2, 0.25) is 0 Å². The topological polar surface area (TPSA) is 104 Å². The normalized spacial score (nSPS) is 16.1. The van der Waals surface area contributed by atoms with E-state index in [9.17, 15) is 23.3 Å². The third-order valence-electron chi connectivity index (χ3n) is 9.00. The van der Waals surface area contributed by atoms with Crippen LogP contribution in [0.1, 0.15) is 17.5 Å². The van der Waals surface area contributed by atoms with Crippen molar-refractivity contribution in [1.29, 1.82) is 0 Å². The van der Waals surface area contributed by atoms with E-state index in [1.165, 1.54) is 29.6 Å². The van der Waals surface area contributed by atoms with Crippen molar-refractivity contribution in [2.24, 2.45) is 0 Å². The molecular weight excluding hydrogens is 679 g/mol. The SMILES string of the molecule is O=[N+]([O-])c1cn2c(n1)O[C@@H](COc1ccc(-c3ccc(N4CCN(Cc5ccc(OCc6ccc(OC(F)(F)F)cc6)cc5)CC4)cc3)cc1)CC2. The molecule has 0 amide bonds. The summed E-state index contributed by atoms with van der Waals surface area (Å²) >= 11 is 0. The first-order valence-corrected chi connectivity index (χ1v) is 16.9. The fourth-order valence-electron chi connectivity index (χ4n) is 6.20. The molecule has 14 heteroatoms. The zero-order chi connectivity index (χ0) is 36.1. The Morgan fingerprint density at radius 2 is 1.37 bits per heavy atom. The highest BCUT2D eigenvalue weighted by Crippen LogP contribution is 2.28. The Kier molecular flexibility index (Phi) is 10.2. The maximum atomic E-state index is 12.4. The summed E-state index contributed by atoms with van der Waals surface area (Å²) in [6, 6.07) is 30.3. The van der Waals surface area contributed by atoms with Crippen LogP contribution >= 0.6 is 0 Å². The van der Waals surface area contributed by atoms with E-state index in [0.717, 1.165) is 55.2 Å². The summed E-state index contributed by atoms with van der Waals surface area (Å²) in [4.78, 5) is 19.2. The van der Waals surface area contributed by atoms with Gasteiger partial charge in [-0.05, 0) is 75.7 Å². The zero-order valence-corrected chi connectivity index (χ0v) is 28.1. The van der Waals surface area contributed by atoms with E-state index in [4.69, 9.17) is 14.2 Å². The van der Waals surface area contributed by atoms with Crippen LogP contribution in [0.15, 0.2) is 103 Å². The predicted octanol–water partition coefficient (Wildman–Crippen LogP) is 7.49. The van der Waals surface area contributed by atoms with Gasteiger partial charge < -0.3 is 34.0 Å². The Hall–Kier alpha value is -5.76. The number of hydrogen-bond acceptors (Lipinski definition) is 9. The summed E-state index contributed by atoms with van der Waals surface area (Å²) in [6.45, 7) is 5.68. The molecule has 0 unspecified atom stereocenters. The number of benzene rings is 4. The molecule has 0 aliphatic carbocycles. The molecule has 11 nitrogen and oxygen atoms in total. The molecule has 52 heavy (non-hydrogen) atoms. The molecule has 3 heterocycles. The number of fused-ring (bicyclic) bond motifs is 1. The minimum Gasteiger partial charge on any atom is -0.490 e. The summed E-state index contributed by atoms with van der Waals surface area (Å²) in [6.07, 6.45) is -2.89. The second-order valence-electron chi connectivity index (χ2n) is 12.6. The Labute approximate surface area is 297 Å². The van der Waals surface area contributed by atoms with Gasteiger partial charge in [-0.3, -0.25) is 9.47 Å². The molecule has 5 aromatic rings. The van der Waals surface area contributed by atoms with Gasteiger partial charge in [0.1, 0.15) is 42.8 Å². The number of rotatable bonds is 12. The van der Waals surface area contributed by atoms with Gasteiger partial charge in [-0.15, -0.1) is 13.2 Å². The largest absolute Gasteiger partial charge is 0.573 e. The lowest BCUT2D eigenvalue weighted by Crippen LogP contribution is -2.45. The molecule has 4 aromatic carbocycles.